The first-order valence-electron chi connectivity index (χ1n) is 7.43. The molecule has 5 nitrogen and oxygen atoms in total. The number of para-hydroxylation sites is 3. The van der Waals surface area contributed by atoms with Crippen molar-refractivity contribution in [3.8, 4) is 11.5 Å². The third-order valence-corrected chi connectivity index (χ3v) is 3.47. The maximum absolute atomic E-state index is 12.4. The molecule has 120 valence electrons. The zero-order valence-electron chi connectivity index (χ0n) is 13.1. The lowest BCUT2D eigenvalue weighted by atomic mass is 10.2. The van der Waals surface area contributed by atoms with E-state index in [0.29, 0.717) is 22.7 Å². The van der Waals surface area contributed by atoms with Gasteiger partial charge in [-0.15, -0.1) is 0 Å². The van der Waals surface area contributed by atoms with Crippen LogP contribution in [0.25, 0.3) is 0 Å². The van der Waals surface area contributed by atoms with Crippen molar-refractivity contribution in [3.63, 3.8) is 0 Å². The normalized spacial score (nSPS) is 10.2. The van der Waals surface area contributed by atoms with Gasteiger partial charge in [-0.1, -0.05) is 30.3 Å². The Morgan fingerprint density at radius 2 is 1.71 bits per heavy atom. The molecule has 0 fully saturated rings. The largest absolute Gasteiger partial charge is 0.455 e. The number of nitrogens with zero attached hydrogens (tertiary/aromatic N) is 1. The molecule has 0 aliphatic heterocycles. The number of rotatable bonds is 4. The van der Waals surface area contributed by atoms with Crippen LogP contribution in [-0.4, -0.2) is 10.5 Å². The van der Waals surface area contributed by atoms with Crippen molar-refractivity contribution in [2.24, 2.45) is 7.05 Å². The molecule has 0 saturated heterocycles. The van der Waals surface area contributed by atoms with E-state index < -0.39 is 0 Å². The molecule has 5 heteroatoms. The maximum Gasteiger partial charge on any atom is 0.256 e. The lowest BCUT2D eigenvalue weighted by molar-refractivity contribution is 0.102. The molecule has 2 aromatic carbocycles. The number of anilines is 1. The standard InChI is InChI=1S/C19H16N2O3/c1-21-12-11-14(13-18(21)22)19(23)20-16-9-5-6-10-17(16)24-15-7-3-2-4-8-15/h2-13H,1H3,(H,20,23). The molecule has 0 saturated carbocycles. The van der Waals surface area contributed by atoms with Crippen molar-refractivity contribution in [1.82, 2.24) is 4.57 Å². The second kappa shape index (κ2) is 6.83. The van der Waals surface area contributed by atoms with Gasteiger partial charge in [0, 0.05) is 24.9 Å². The Bertz CT molecular complexity index is 917. The molecule has 1 heterocycles. The summed E-state index contributed by atoms with van der Waals surface area (Å²) in [5.74, 6) is 0.838. The van der Waals surface area contributed by atoms with Crippen LogP contribution in [0, 0.1) is 0 Å². The summed E-state index contributed by atoms with van der Waals surface area (Å²) in [5, 5.41) is 2.78. The molecule has 1 amide bonds. The van der Waals surface area contributed by atoms with E-state index in [1.54, 1.807) is 37.5 Å². The van der Waals surface area contributed by atoms with Gasteiger partial charge >= 0.3 is 0 Å². The summed E-state index contributed by atoms with van der Waals surface area (Å²) in [6.07, 6.45) is 1.56. The Morgan fingerprint density at radius 1 is 1.00 bits per heavy atom. The molecule has 3 rings (SSSR count). The summed E-state index contributed by atoms with van der Waals surface area (Å²) in [4.78, 5) is 24.0. The summed E-state index contributed by atoms with van der Waals surface area (Å²) in [5.41, 5.74) is 0.594. The summed E-state index contributed by atoms with van der Waals surface area (Å²) in [6.45, 7) is 0. The van der Waals surface area contributed by atoms with Crippen LogP contribution in [0.4, 0.5) is 5.69 Å². The Labute approximate surface area is 139 Å². The Balaban J connectivity index is 1.83. The maximum atomic E-state index is 12.4. The van der Waals surface area contributed by atoms with Crippen molar-refractivity contribution >= 4 is 11.6 Å². The number of nitrogens with one attached hydrogen (secondary N) is 1. The molecule has 24 heavy (non-hydrogen) atoms. The molecular formula is C19H16N2O3. The van der Waals surface area contributed by atoms with Gasteiger partial charge in [-0.3, -0.25) is 9.59 Å². The fourth-order valence-corrected chi connectivity index (χ4v) is 2.16. The minimum absolute atomic E-state index is 0.239. The minimum Gasteiger partial charge on any atom is -0.455 e. The van der Waals surface area contributed by atoms with Crippen LogP contribution in [0.5, 0.6) is 11.5 Å². The van der Waals surface area contributed by atoms with Crippen LogP contribution < -0.4 is 15.6 Å². The number of carbonyl (C=O) groups excluding carboxylic acids is 1. The highest BCUT2D eigenvalue weighted by atomic mass is 16.5. The molecule has 0 aliphatic rings. The molecule has 3 aromatic rings. The van der Waals surface area contributed by atoms with Crippen LogP contribution in [0.15, 0.2) is 77.7 Å². The van der Waals surface area contributed by atoms with Crippen molar-refractivity contribution in [1.29, 1.82) is 0 Å². The van der Waals surface area contributed by atoms with Gasteiger partial charge in [0.05, 0.1) is 5.69 Å². The summed E-state index contributed by atoms with van der Waals surface area (Å²) in [7, 11) is 1.63. The van der Waals surface area contributed by atoms with E-state index in [1.165, 1.54) is 10.6 Å². The second-order valence-corrected chi connectivity index (χ2v) is 5.23. The van der Waals surface area contributed by atoms with Gasteiger partial charge in [-0.05, 0) is 30.3 Å². The van der Waals surface area contributed by atoms with Crippen LogP contribution in [0.1, 0.15) is 10.4 Å². The van der Waals surface area contributed by atoms with E-state index in [9.17, 15) is 9.59 Å². The highest BCUT2D eigenvalue weighted by molar-refractivity contribution is 6.04. The number of hydrogen-bond acceptors (Lipinski definition) is 3. The van der Waals surface area contributed by atoms with Gasteiger partial charge in [-0.25, -0.2) is 0 Å². The zero-order chi connectivity index (χ0) is 16.9. The molecular weight excluding hydrogens is 304 g/mol. The predicted octanol–water partition coefficient (Wildman–Crippen LogP) is 3.43. The molecule has 0 atom stereocenters. The average molecular weight is 320 g/mol. The van der Waals surface area contributed by atoms with Crippen LogP contribution >= 0.6 is 0 Å². The van der Waals surface area contributed by atoms with E-state index in [0.717, 1.165) is 0 Å². The van der Waals surface area contributed by atoms with Crippen LogP contribution in [0.2, 0.25) is 0 Å². The van der Waals surface area contributed by atoms with Gasteiger partial charge in [0.2, 0.25) is 0 Å². The highest BCUT2D eigenvalue weighted by Crippen LogP contribution is 2.29. The Hall–Kier alpha value is -3.34. The Kier molecular flexibility index (Phi) is 4.43. The molecule has 0 radical (unpaired) electrons. The fraction of sp³-hybridized carbons (Fsp3) is 0.0526. The lowest BCUT2D eigenvalue weighted by Gasteiger charge is -2.12. The first-order valence-corrected chi connectivity index (χ1v) is 7.43. The van der Waals surface area contributed by atoms with E-state index in [2.05, 4.69) is 5.32 Å². The number of benzene rings is 2. The summed E-state index contributed by atoms with van der Waals surface area (Å²) < 4.78 is 7.21. The summed E-state index contributed by atoms with van der Waals surface area (Å²) in [6, 6.07) is 19.4. The number of aromatic nitrogens is 1. The van der Waals surface area contributed by atoms with Gasteiger partial charge in [0.1, 0.15) is 5.75 Å². The van der Waals surface area contributed by atoms with Crippen molar-refractivity contribution in [2.45, 2.75) is 0 Å². The van der Waals surface area contributed by atoms with E-state index in [4.69, 9.17) is 4.74 Å². The summed E-state index contributed by atoms with van der Waals surface area (Å²) >= 11 is 0. The zero-order valence-corrected chi connectivity index (χ0v) is 13.1. The molecule has 0 unspecified atom stereocenters. The van der Waals surface area contributed by atoms with Crippen molar-refractivity contribution in [2.75, 3.05) is 5.32 Å². The number of hydrogen-bond donors (Lipinski definition) is 1. The molecule has 1 aromatic heterocycles. The number of aryl methyl sites for hydroxylation is 1. The van der Waals surface area contributed by atoms with E-state index in [-0.39, 0.29) is 11.5 Å². The number of amides is 1. The number of ether oxygens (including phenoxy) is 1. The first-order chi connectivity index (χ1) is 11.6. The molecule has 1 N–H and O–H groups in total. The predicted molar refractivity (Wildman–Crippen MR) is 92.6 cm³/mol. The molecule has 0 spiro atoms. The van der Waals surface area contributed by atoms with Gasteiger partial charge < -0.3 is 14.6 Å². The minimum atomic E-state index is -0.364. The molecule has 0 bridgehead atoms. The van der Waals surface area contributed by atoms with E-state index in [1.807, 2.05) is 36.4 Å². The molecule has 0 aliphatic carbocycles. The van der Waals surface area contributed by atoms with E-state index >= 15 is 0 Å². The van der Waals surface area contributed by atoms with Gasteiger partial charge in [-0.2, -0.15) is 0 Å². The lowest BCUT2D eigenvalue weighted by Crippen LogP contribution is -2.20. The third-order valence-electron chi connectivity index (χ3n) is 3.47. The smallest absolute Gasteiger partial charge is 0.256 e. The van der Waals surface area contributed by atoms with Crippen molar-refractivity contribution in [3.05, 3.63) is 88.8 Å². The SMILES string of the molecule is Cn1ccc(C(=O)Nc2ccccc2Oc2ccccc2)cc1=O. The fourth-order valence-electron chi connectivity index (χ4n) is 2.16. The number of carbonyl (C=O) groups is 1. The highest BCUT2D eigenvalue weighted by Gasteiger charge is 2.11. The topological polar surface area (TPSA) is 60.3 Å². The first kappa shape index (κ1) is 15.6. The van der Waals surface area contributed by atoms with Gasteiger partial charge in [0.25, 0.3) is 11.5 Å². The quantitative estimate of drug-likeness (QED) is 0.801. The average Bonchev–Trinajstić information content (AvgIpc) is 2.60. The second-order valence-electron chi connectivity index (χ2n) is 5.23. The van der Waals surface area contributed by atoms with Crippen molar-refractivity contribution < 1.29 is 9.53 Å². The van der Waals surface area contributed by atoms with Crippen LogP contribution in [0.3, 0.4) is 0 Å². The monoisotopic (exact) mass is 320 g/mol. The van der Waals surface area contributed by atoms with Crippen LogP contribution in [-0.2, 0) is 7.05 Å². The Morgan fingerprint density at radius 3 is 2.46 bits per heavy atom. The van der Waals surface area contributed by atoms with Gasteiger partial charge in [0.15, 0.2) is 5.75 Å². The third kappa shape index (κ3) is 3.52. The number of pyridine rings is 1.